The molecule has 0 radical (unpaired) electrons. The summed E-state index contributed by atoms with van der Waals surface area (Å²) in [6.07, 6.45) is 0.204. The first kappa shape index (κ1) is 18.3. The molecule has 0 aliphatic heterocycles. The van der Waals surface area contributed by atoms with Crippen LogP contribution in [0.5, 0.6) is 11.5 Å². The molecule has 0 atom stereocenters. The average molecular weight is 396 g/mol. The number of benzene rings is 2. The molecule has 4 nitrogen and oxygen atoms in total. The fourth-order valence-corrected chi connectivity index (χ4v) is 2.33. The van der Waals surface area contributed by atoms with E-state index in [4.69, 9.17) is 9.47 Å². The first-order valence-corrected chi connectivity index (χ1v) is 8.27. The molecule has 0 aliphatic rings. The van der Waals surface area contributed by atoms with Crippen molar-refractivity contribution in [3.05, 3.63) is 57.8 Å². The van der Waals surface area contributed by atoms with Crippen molar-refractivity contribution in [3.8, 4) is 11.5 Å². The number of hydrogen-bond acceptors (Lipinski definition) is 3. The molecule has 24 heavy (non-hydrogen) atoms. The average Bonchev–Trinajstić information content (AvgIpc) is 2.57. The number of amides is 1. The van der Waals surface area contributed by atoms with E-state index < -0.39 is 0 Å². The van der Waals surface area contributed by atoms with E-state index in [1.807, 2.05) is 25.1 Å². The monoisotopic (exact) mass is 395 g/mol. The lowest BCUT2D eigenvalue weighted by molar-refractivity contribution is -0.121. The van der Waals surface area contributed by atoms with E-state index in [1.165, 1.54) is 6.07 Å². The number of ether oxygens (including phenoxy) is 2. The Morgan fingerprint density at radius 1 is 1.21 bits per heavy atom. The lowest BCUT2D eigenvalue weighted by Gasteiger charge is -2.11. The Bertz CT molecular complexity index is 721. The topological polar surface area (TPSA) is 47.6 Å². The summed E-state index contributed by atoms with van der Waals surface area (Å²) in [6.45, 7) is 2.47. The normalized spacial score (nSPS) is 10.3. The maximum atomic E-state index is 13.4. The van der Waals surface area contributed by atoms with Gasteiger partial charge in [-0.05, 0) is 58.2 Å². The van der Waals surface area contributed by atoms with Gasteiger partial charge in [-0.3, -0.25) is 4.79 Å². The Labute approximate surface area is 149 Å². The fourth-order valence-electron chi connectivity index (χ4n) is 2.09. The third-order valence-electron chi connectivity index (χ3n) is 3.38. The maximum absolute atomic E-state index is 13.4. The minimum Gasteiger partial charge on any atom is -0.493 e. The van der Waals surface area contributed by atoms with Gasteiger partial charge >= 0.3 is 0 Å². The Hall–Kier alpha value is -2.08. The van der Waals surface area contributed by atoms with Crippen molar-refractivity contribution in [1.29, 1.82) is 0 Å². The van der Waals surface area contributed by atoms with E-state index in [0.717, 1.165) is 5.56 Å². The van der Waals surface area contributed by atoms with Crippen LogP contribution in [0.15, 0.2) is 40.9 Å². The summed E-state index contributed by atoms with van der Waals surface area (Å²) in [4.78, 5) is 11.8. The van der Waals surface area contributed by atoms with Crippen LogP contribution in [0.3, 0.4) is 0 Å². The van der Waals surface area contributed by atoms with Gasteiger partial charge < -0.3 is 14.8 Å². The highest BCUT2D eigenvalue weighted by molar-refractivity contribution is 9.10. The minimum atomic E-state index is -0.350. The van der Waals surface area contributed by atoms with Gasteiger partial charge in [0.25, 0.3) is 0 Å². The molecule has 0 bridgehead atoms. The highest BCUT2D eigenvalue weighted by Gasteiger charge is 2.07. The van der Waals surface area contributed by atoms with Crippen LogP contribution in [0.25, 0.3) is 0 Å². The SMILES string of the molecule is COc1cc(C)ccc1OCCC(=O)NCc1ccc(Br)c(F)c1. The Morgan fingerprint density at radius 3 is 2.71 bits per heavy atom. The van der Waals surface area contributed by atoms with Crippen molar-refractivity contribution in [1.82, 2.24) is 5.32 Å². The van der Waals surface area contributed by atoms with Crippen LogP contribution >= 0.6 is 15.9 Å². The summed E-state index contributed by atoms with van der Waals surface area (Å²) >= 11 is 3.09. The van der Waals surface area contributed by atoms with Gasteiger partial charge in [0.15, 0.2) is 11.5 Å². The molecule has 2 aromatic carbocycles. The number of rotatable bonds is 7. The molecule has 128 valence electrons. The van der Waals surface area contributed by atoms with Gasteiger partial charge in [-0.25, -0.2) is 4.39 Å². The molecule has 1 N–H and O–H groups in total. The molecule has 6 heteroatoms. The fraction of sp³-hybridized carbons (Fsp3) is 0.278. The predicted molar refractivity (Wildman–Crippen MR) is 93.8 cm³/mol. The number of carbonyl (C=O) groups is 1. The number of nitrogens with one attached hydrogen (secondary N) is 1. The van der Waals surface area contributed by atoms with Gasteiger partial charge in [-0.2, -0.15) is 0 Å². The van der Waals surface area contributed by atoms with Gasteiger partial charge in [-0.1, -0.05) is 12.1 Å². The lowest BCUT2D eigenvalue weighted by Crippen LogP contribution is -2.24. The van der Waals surface area contributed by atoms with Gasteiger partial charge in [0.05, 0.1) is 24.6 Å². The molecular weight excluding hydrogens is 377 g/mol. The van der Waals surface area contributed by atoms with Crippen LogP contribution in [0.1, 0.15) is 17.5 Å². The van der Waals surface area contributed by atoms with Gasteiger partial charge in [0.1, 0.15) is 5.82 Å². The Balaban J connectivity index is 1.78. The molecule has 0 saturated heterocycles. The van der Waals surface area contributed by atoms with Crippen LogP contribution < -0.4 is 14.8 Å². The minimum absolute atomic E-state index is 0.163. The van der Waals surface area contributed by atoms with Crippen molar-refractivity contribution in [2.45, 2.75) is 19.9 Å². The van der Waals surface area contributed by atoms with E-state index >= 15 is 0 Å². The molecule has 0 spiro atoms. The Kier molecular flexibility index (Phi) is 6.61. The quantitative estimate of drug-likeness (QED) is 0.770. The van der Waals surface area contributed by atoms with Crippen LogP contribution in [0, 0.1) is 12.7 Å². The zero-order valence-electron chi connectivity index (χ0n) is 13.6. The number of halogens is 2. The van der Waals surface area contributed by atoms with Gasteiger partial charge in [-0.15, -0.1) is 0 Å². The number of hydrogen-bond donors (Lipinski definition) is 1. The summed E-state index contributed by atoms with van der Waals surface area (Å²) in [5.74, 6) is 0.729. The van der Waals surface area contributed by atoms with Gasteiger partial charge in [0, 0.05) is 6.54 Å². The highest BCUT2D eigenvalue weighted by atomic mass is 79.9. The van der Waals surface area contributed by atoms with E-state index in [2.05, 4.69) is 21.2 Å². The smallest absolute Gasteiger partial charge is 0.223 e. The lowest BCUT2D eigenvalue weighted by atomic mass is 10.2. The third-order valence-corrected chi connectivity index (χ3v) is 4.02. The van der Waals surface area contributed by atoms with Crippen LogP contribution in [0.2, 0.25) is 0 Å². The summed E-state index contributed by atoms with van der Waals surface area (Å²) in [7, 11) is 1.58. The molecule has 0 unspecified atom stereocenters. The van der Waals surface area contributed by atoms with Crippen LogP contribution in [-0.4, -0.2) is 19.6 Å². The zero-order chi connectivity index (χ0) is 17.5. The zero-order valence-corrected chi connectivity index (χ0v) is 15.2. The molecule has 1 amide bonds. The Morgan fingerprint density at radius 2 is 2.00 bits per heavy atom. The largest absolute Gasteiger partial charge is 0.493 e. The van der Waals surface area contributed by atoms with Crippen molar-refractivity contribution in [2.24, 2.45) is 0 Å². The summed E-state index contributed by atoms with van der Waals surface area (Å²) in [5.41, 5.74) is 1.77. The molecule has 0 heterocycles. The molecule has 0 aliphatic carbocycles. The summed E-state index contributed by atoms with van der Waals surface area (Å²) in [6, 6.07) is 10.4. The van der Waals surface area contributed by atoms with Crippen molar-refractivity contribution < 1.29 is 18.7 Å². The van der Waals surface area contributed by atoms with E-state index in [-0.39, 0.29) is 31.3 Å². The highest BCUT2D eigenvalue weighted by Crippen LogP contribution is 2.27. The van der Waals surface area contributed by atoms with E-state index in [0.29, 0.717) is 21.5 Å². The molecule has 2 rings (SSSR count). The molecule has 0 fully saturated rings. The van der Waals surface area contributed by atoms with E-state index in [1.54, 1.807) is 19.2 Å². The van der Waals surface area contributed by atoms with Crippen LogP contribution in [-0.2, 0) is 11.3 Å². The molecule has 0 saturated carbocycles. The molecule has 0 aromatic heterocycles. The van der Waals surface area contributed by atoms with Crippen molar-refractivity contribution in [2.75, 3.05) is 13.7 Å². The standard InChI is InChI=1S/C18H19BrFNO3/c1-12-3-6-16(17(9-12)23-2)24-8-7-18(22)21-11-13-4-5-14(19)15(20)10-13/h3-6,9-10H,7-8,11H2,1-2H3,(H,21,22). The summed E-state index contributed by atoms with van der Waals surface area (Å²) < 4.78 is 24.6. The second-order valence-corrected chi connectivity index (χ2v) is 6.13. The maximum Gasteiger partial charge on any atom is 0.223 e. The first-order valence-electron chi connectivity index (χ1n) is 7.47. The van der Waals surface area contributed by atoms with Crippen LogP contribution in [0.4, 0.5) is 4.39 Å². The number of aryl methyl sites for hydroxylation is 1. The summed E-state index contributed by atoms with van der Waals surface area (Å²) in [5, 5.41) is 2.74. The molecule has 2 aromatic rings. The third kappa shape index (κ3) is 5.23. The van der Waals surface area contributed by atoms with Gasteiger partial charge in [0.2, 0.25) is 5.91 Å². The second kappa shape index (κ2) is 8.68. The van der Waals surface area contributed by atoms with E-state index in [9.17, 15) is 9.18 Å². The van der Waals surface area contributed by atoms with Crippen molar-refractivity contribution >= 4 is 21.8 Å². The van der Waals surface area contributed by atoms with Crippen molar-refractivity contribution in [3.63, 3.8) is 0 Å². The number of carbonyl (C=O) groups excluding carboxylic acids is 1. The number of methoxy groups -OCH3 is 1. The predicted octanol–water partition coefficient (Wildman–Crippen LogP) is 3.99. The first-order chi connectivity index (χ1) is 11.5. The molecular formula is C18H19BrFNO3. The second-order valence-electron chi connectivity index (χ2n) is 5.28.